The van der Waals surface area contributed by atoms with Crippen molar-refractivity contribution in [3.05, 3.63) is 29.6 Å². The summed E-state index contributed by atoms with van der Waals surface area (Å²) in [6.45, 7) is 0. The fourth-order valence-corrected chi connectivity index (χ4v) is 0.489. The zero-order valence-electron chi connectivity index (χ0n) is 4.99. The lowest BCUT2D eigenvalue weighted by Crippen LogP contribution is -3.00. The highest BCUT2D eigenvalue weighted by Crippen LogP contribution is 1.89. The summed E-state index contributed by atoms with van der Waals surface area (Å²) in [6.07, 6.45) is 1.45. The van der Waals surface area contributed by atoms with Crippen molar-refractivity contribution in [1.29, 1.82) is 0 Å². The van der Waals surface area contributed by atoms with Crippen LogP contribution in [0.4, 0.5) is 5.82 Å². The summed E-state index contributed by atoms with van der Waals surface area (Å²) in [5.74, 6) is 0.0810. The maximum Gasteiger partial charge on any atom is 0.258 e. The minimum Gasteiger partial charge on any atom is -1.00 e. The van der Waals surface area contributed by atoms with Gasteiger partial charge in [-0.2, -0.15) is 5.23 Å². The fourth-order valence-electron chi connectivity index (χ4n) is 0.489. The molecule has 0 fully saturated rings. The highest BCUT2D eigenvalue weighted by atomic mass is 79.9. The third kappa shape index (κ3) is 2.40. The van der Waals surface area contributed by atoms with E-state index >= 15 is 0 Å². The smallest absolute Gasteiger partial charge is 0.258 e. The molecule has 1 unspecified atom stereocenters. The molecule has 0 aliphatic carbocycles. The predicted molar refractivity (Wildman–Crippen MR) is 30.0 cm³/mol. The van der Waals surface area contributed by atoms with E-state index in [4.69, 9.17) is 5.21 Å². The minimum atomic E-state index is -0.990. The van der Waals surface area contributed by atoms with Gasteiger partial charge in [-0.25, -0.2) is 10.2 Å². The van der Waals surface area contributed by atoms with Crippen molar-refractivity contribution in [3.63, 3.8) is 0 Å². The first-order valence-electron chi connectivity index (χ1n) is 2.45. The zero-order valence-corrected chi connectivity index (χ0v) is 6.58. The van der Waals surface area contributed by atoms with E-state index in [9.17, 15) is 5.21 Å². The Morgan fingerprint density at radius 3 is 2.50 bits per heavy atom. The van der Waals surface area contributed by atoms with Gasteiger partial charge in [-0.3, -0.25) is 0 Å². The van der Waals surface area contributed by atoms with Gasteiger partial charge < -0.3 is 22.2 Å². The number of pyridine rings is 1. The van der Waals surface area contributed by atoms with Crippen LogP contribution in [0.3, 0.4) is 0 Å². The van der Waals surface area contributed by atoms with Gasteiger partial charge >= 0.3 is 0 Å². The summed E-state index contributed by atoms with van der Waals surface area (Å²) in [5.41, 5.74) is 0. The number of halogens is 1. The Morgan fingerprint density at radius 2 is 2.20 bits per heavy atom. The van der Waals surface area contributed by atoms with Gasteiger partial charge in [0, 0.05) is 12.3 Å². The quantitative estimate of drug-likeness (QED) is 0.468. The van der Waals surface area contributed by atoms with Crippen LogP contribution in [0.1, 0.15) is 0 Å². The molecular formula is C5H6BrN2O2-. The van der Waals surface area contributed by atoms with E-state index in [-0.39, 0.29) is 22.8 Å². The van der Waals surface area contributed by atoms with E-state index in [1.165, 1.54) is 12.3 Å². The van der Waals surface area contributed by atoms with Crippen LogP contribution in [0.15, 0.2) is 24.4 Å². The zero-order chi connectivity index (χ0) is 6.69. The van der Waals surface area contributed by atoms with Gasteiger partial charge in [0.1, 0.15) is 0 Å². The summed E-state index contributed by atoms with van der Waals surface area (Å²) < 4.78 is 0. The first-order valence-corrected chi connectivity index (χ1v) is 2.45. The van der Waals surface area contributed by atoms with Crippen LogP contribution < -0.4 is 22.2 Å². The van der Waals surface area contributed by atoms with E-state index in [0.29, 0.717) is 0 Å². The Balaban J connectivity index is 0.000000810. The van der Waals surface area contributed by atoms with Crippen LogP contribution in [0.2, 0.25) is 0 Å². The third-order valence-corrected chi connectivity index (χ3v) is 0.884. The number of quaternary nitrogens is 1. The van der Waals surface area contributed by atoms with Crippen LogP contribution in [-0.4, -0.2) is 10.2 Å². The van der Waals surface area contributed by atoms with Crippen LogP contribution in [-0.2, 0) is 0 Å². The molecule has 1 aromatic heterocycles. The average Bonchev–Trinajstić information content (AvgIpc) is 1.90. The highest BCUT2D eigenvalue weighted by molar-refractivity contribution is 5.15. The molecule has 1 rings (SSSR count). The summed E-state index contributed by atoms with van der Waals surface area (Å²) >= 11 is 0. The number of nitrogens with zero attached hydrogens (tertiary/aromatic N) is 1. The van der Waals surface area contributed by atoms with E-state index in [0.717, 1.165) is 0 Å². The van der Waals surface area contributed by atoms with E-state index in [1.54, 1.807) is 12.1 Å². The van der Waals surface area contributed by atoms with Crippen molar-refractivity contribution in [2.45, 2.75) is 0 Å². The molecule has 2 N–H and O–H groups in total. The summed E-state index contributed by atoms with van der Waals surface area (Å²) in [4.78, 5) is 3.58. The molecule has 10 heavy (non-hydrogen) atoms. The second-order valence-corrected chi connectivity index (χ2v) is 1.52. The molecule has 56 valence electrons. The van der Waals surface area contributed by atoms with Crippen molar-refractivity contribution in [1.82, 2.24) is 4.98 Å². The summed E-state index contributed by atoms with van der Waals surface area (Å²) in [5, 5.41) is 17.5. The molecule has 0 bridgehead atoms. The second-order valence-electron chi connectivity index (χ2n) is 1.52. The molecule has 4 nitrogen and oxygen atoms in total. The number of rotatable bonds is 1. The normalized spacial score (nSPS) is 11.8. The van der Waals surface area contributed by atoms with Crippen LogP contribution in [0, 0.1) is 5.21 Å². The van der Waals surface area contributed by atoms with Gasteiger partial charge in [0.2, 0.25) is 0 Å². The first-order chi connectivity index (χ1) is 4.30. The Hall–Kier alpha value is -0.490. The maximum absolute atomic E-state index is 10.1. The van der Waals surface area contributed by atoms with Gasteiger partial charge in [-0.15, -0.1) is 0 Å². The van der Waals surface area contributed by atoms with Gasteiger partial charge in [-0.1, -0.05) is 6.07 Å². The molecule has 5 heteroatoms. The third-order valence-electron chi connectivity index (χ3n) is 0.884. The molecule has 0 amide bonds. The van der Waals surface area contributed by atoms with E-state index in [2.05, 4.69) is 4.98 Å². The molecule has 0 aliphatic heterocycles. The summed E-state index contributed by atoms with van der Waals surface area (Å²) in [7, 11) is 0. The number of hydrogen-bond acceptors (Lipinski definition) is 3. The highest BCUT2D eigenvalue weighted by Gasteiger charge is 1.94. The Kier molecular flexibility index (Phi) is 4.13. The lowest BCUT2D eigenvalue weighted by atomic mass is 10.5. The van der Waals surface area contributed by atoms with E-state index in [1.807, 2.05) is 0 Å². The molecule has 1 heterocycles. The lowest BCUT2D eigenvalue weighted by molar-refractivity contribution is -0.993. The number of aromatic nitrogens is 1. The molecule has 1 atom stereocenters. The Morgan fingerprint density at radius 1 is 1.50 bits per heavy atom. The van der Waals surface area contributed by atoms with Crippen LogP contribution in [0.25, 0.3) is 0 Å². The molecule has 0 spiro atoms. The van der Waals surface area contributed by atoms with Crippen LogP contribution in [0.5, 0.6) is 0 Å². The molecule has 0 radical (unpaired) electrons. The van der Waals surface area contributed by atoms with Crippen molar-refractivity contribution in [2.24, 2.45) is 0 Å². The SMILES string of the molecule is [Br-].[O-][NH+](O)c1ccccn1. The van der Waals surface area contributed by atoms with Gasteiger partial charge in [-0.05, 0) is 6.07 Å². The topological polar surface area (TPSA) is 60.6 Å². The van der Waals surface area contributed by atoms with Gasteiger partial charge in [0.05, 0.1) is 0 Å². The molecule has 1 aromatic rings. The Labute approximate surface area is 68.4 Å². The minimum absolute atomic E-state index is 0. The largest absolute Gasteiger partial charge is 1.00 e. The van der Waals surface area contributed by atoms with Gasteiger partial charge in [0.25, 0.3) is 5.82 Å². The molecule has 0 saturated heterocycles. The molecule has 0 aliphatic rings. The van der Waals surface area contributed by atoms with Gasteiger partial charge in [0.15, 0.2) is 0 Å². The standard InChI is InChI=1S/C5H6N2O2.BrH/c8-7(9)5-3-1-2-4-6-5;/h1-4,7-8H;1H/p-1. The summed E-state index contributed by atoms with van der Waals surface area (Å²) in [6, 6.07) is 4.76. The lowest BCUT2D eigenvalue weighted by Gasteiger charge is -2.08. The Bertz CT molecular complexity index is 180. The number of nitrogens with one attached hydrogen (secondary N) is 1. The second kappa shape index (κ2) is 4.35. The van der Waals surface area contributed by atoms with Crippen LogP contribution >= 0.6 is 0 Å². The maximum atomic E-state index is 10.1. The average molecular weight is 206 g/mol. The monoisotopic (exact) mass is 205 g/mol. The van der Waals surface area contributed by atoms with Crippen molar-refractivity contribution in [3.8, 4) is 0 Å². The van der Waals surface area contributed by atoms with Crippen molar-refractivity contribution >= 4 is 5.82 Å². The predicted octanol–water partition coefficient (Wildman–Crippen LogP) is -3.51. The van der Waals surface area contributed by atoms with Crippen molar-refractivity contribution < 1.29 is 27.4 Å². The molecule has 0 saturated carbocycles. The van der Waals surface area contributed by atoms with E-state index < -0.39 is 5.23 Å². The molecule has 0 aromatic carbocycles. The first kappa shape index (κ1) is 9.51. The fraction of sp³-hybridized carbons (Fsp3) is 0. The molecular weight excluding hydrogens is 200 g/mol. The number of hydrogen-bond donors (Lipinski definition) is 2. The van der Waals surface area contributed by atoms with Crippen molar-refractivity contribution in [2.75, 3.05) is 0 Å².